The quantitative estimate of drug-likeness (QED) is 0.291. The number of aliphatic carboxylic acids is 1. The number of aliphatic hydroxyl groups excluding tert-OH is 1. The van der Waals surface area contributed by atoms with Crippen LogP contribution in [0.5, 0.6) is 0 Å². The van der Waals surface area contributed by atoms with Crippen LogP contribution in [-0.4, -0.2) is 64.1 Å². The summed E-state index contributed by atoms with van der Waals surface area (Å²) in [5.74, 6) is -4.22. The highest BCUT2D eigenvalue weighted by molar-refractivity contribution is 5.96. The van der Waals surface area contributed by atoms with Crippen molar-refractivity contribution < 1.29 is 38.9 Å². The monoisotopic (exact) mass is 682 g/mol. The lowest BCUT2D eigenvalue weighted by atomic mass is 9.53. The number of allylic oxidation sites excluding steroid dienone is 5. The number of hydrogen-bond acceptors (Lipinski definition) is 7. The van der Waals surface area contributed by atoms with Crippen molar-refractivity contribution in [2.24, 2.45) is 40.9 Å². The number of hydrogen-bond donors (Lipinski definition) is 2. The molecular formula is C41H62O8. The number of fused-ring (bicyclic) bond motifs is 5. The van der Waals surface area contributed by atoms with E-state index in [0.717, 1.165) is 29.6 Å². The Labute approximate surface area is 294 Å². The molecule has 2 fully saturated rings. The fraction of sp³-hybridized carbons (Fsp3) is 0.756. The van der Waals surface area contributed by atoms with Crippen LogP contribution in [0.15, 0.2) is 34.9 Å². The van der Waals surface area contributed by atoms with Crippen molar-refractivity contribution in [1.82, 2.24) is 0 Å². The van der Waals surface area contributed by atoms with Gasteiger partial charge < -0.3 is 19.7 Å². The summed E-state index contributed by atoms with van der Waals surface area (Å²) in [6, 6.07) is 0. The van der Waals surface area contributed by atoms with E-state index in [9.17, 15) is 29.4 Å². The molecule has 1 saturated heterocycles. The fourth-order valence-electron chi connectivity index (χ4n) is 9.03. The number of methoxy groups -OCH3 is 1. The van der Waals surface area contributed by atoms with E-state index < -0.39 is 46.4 Å². The van der Waals surface area contributed by atoms with E-state index in [2.05, 4.69) is 0 Å². The molecule has 8 nitrogen and oxygen atoms in total. The van der Waals surface area contributed by atoms with Crippen LogP contribution in [0, 0.1) is 40.9 Å². The number of aliphatic hydroxyl groups is 1. The highest BCUT2D eigenvalue weighted by atomic mass is 16.6. The maximum absolute atomic E-state index is 14.5. The molecule has 1 saturated carbocycles. The van der Waals surface area contributed by atoms with Crippen LogP contribution >= 0.6 is 0 Å². The summed E-state index contributed by atoms with van der Waals surface area (Å²) < 4.78 is 12.6. The third kappa shape index (κ3) is 8.07. The molecule has 0 unspecified atom stereocenters. The van der Waals surface area contributed by atoms with E-state index in [0.29, 0.717) is 32.1 Å². The molecule has 0 aromatic rings. The molecule has 0 aromatic carbocycles. The highest BCUT2D eigenvalue weighted by Gasteiger charge is 2.58. The number of carbonyl (C=O) groups is 4. The Morgan fingerprint density at radius 2 is 1.67 bits per heavy atom. The lowest BCUT2D eigenvalue weighted by Crippen LogP contribution is -2.53. The van der Waals surface area contributed by atoms with Crippen molar-refractivity contribution >= 4 is 23.3 Å². The van der Waals surface area contributed by atoms with Crippen LogP contribution in [-0.2, 0) is 28.7 Å². The van der Waals surface area contributed by atoms with Gasteiger partial charge in [0.05, 0.1) is 23.2 Å². The molecule has 0 amide bonds. The molecule has 4 rings (SSSR count). The van der Waals surface area contributed by atoms with Crippen LogP contribution in [0.4, 0.5) is 0 Å². The largest absolute Gasteiger partial charge is 0.481 e. The minimum atomic E-state index is -1.76. The van der Waals surface area contributed by atoms with E-state index >= 15 is 0 Å². The zero-order chi connectivity index (χ0) is 36.5. The maximum atomic E-state index is 14.5. The van der Waals surface area contributed by atoms with Gasteiger partial charge in [-0.05, 0) is 83.6 Å². The smallest absolute Gasteiger partial charge is 0.311 e. The summed E-state index contributed by atoms with van der Waals surface area (Å²) in [6.45, 7) is 15.6. The Morgan fingerprint density at radius 3 is 2.31 bits per heavy atom. The van der Waals surface area contributed by atoms with Gasteiger partial charge in [-0.25, -0.2) is 0 Å². The Bertz CT molecular complexity index is 1370. The Balaban J connectivity index is 1.97. The third-order valence-electron chi connectivity index (χ3n) is 12.8. The van der Waals surface area contributed by atoms with Crippen molar-refractivity contribution in [2.45, 2.75) is 149 Å². The van der Waals surface area contributed by atoms with Gasteiger partial charge in [0, 0.05) is 50.0 Å². The van der Waals surface area contributed by atoms with E-state index in [-0.39, 0.29) is 66.9 Å². The lowest BCUT2D eigenvalue weighted by molar-refractivity contribution is -0.163. The predicted octanol–water partition coefficient (Wildman–Crippen LogP) is 7.62. The summed E-state index contributed by atoms with van der Waals surface area (Å²) in [7, 11) is 1.63. The van der Waals surface area contributed by atoms with Crippen LogP contribution < -0.4 is 0 Å². The van der Waals surface area contributed by atoms with Gasteiger partial charge in [-0.1, -0.05) is 69.9 Å². The van der Waals surface area contributed by atoms with E-state index in [1.807, 2.05) is 73.6 Å². The summed E-state index contributed by atoms with van der Waals surface area (Å²) >= 11 is 0. The van der Waals surface area contributed by atoms with E-state index in [1.165, 1.54) is 0 Å². The molecular weight excluding hydrogens is 620 g/mol. The molecule has 0 aromatic heterocycles. The molecule has 2 aliphatic carbocycles. The second-order valence-corrected chi connectivity index (χ2v) is 16.8. The fourth-order valence-corrected chi connectivity index (χ4v) is 9.03. The molecule has 0 spiro atoms. The second kappa shape index (κ2) is 15.4. The van der Waals surface area contributed by atoms with Gasteiger partial charge >= 0.3 is 5.97 Å². The second-order valence-electron chi connectivity index (χ2n) is 16.8. The van der Waals surface area contributed by atoms with E-state index in [4.69, 9.17) is 9.47 Å². The number of carboxylic acids is 1. The number of carboxylic acid groups (broad SMARTS) is 1. The van der Waals surface area contributed by atoms with Gasteiger partial charge in [0.2, 0.25) is 0 Å². The van der Waals surface area contributed by atoms with Gasteiger partial charge in [0.1, 0.15) is 23.0 Å². The zero-order valence-corrected chi connectivity index (χ0v) is 31.5. The number of carbonyl (C=O) groups excluding carboxylic acids is 3. The van der Waals surface area contributed by atoms with Gasteiger partial charge in [-0.15, -0.1) is 0 Å². The topological polar surface area (TPSA) is 127 Å². The molecule has 49 heavy (non-hydrogen) atoms. The van der Waals surface area contributed by atoms with Gasteiger partial charge in [-0.3, -0.25) is 19.2 Å². The minimum Gasteiger partial charge on any atom is -0.481 e. The van der Waals surface area contributed by atoms with Crippen molar-refractivity contribution in [2.75, 3.05) is 7.11 Å². The minimum absolute atomic E-state index is 0.0203. The molecule has 2 bridgehead atoms. The summed E-state index contributed by atoms with van der Waals surface area (Å²) in [4.78, 5) is 56.5. The highest BCUT2D eigenvalue weighted by Crippen LogP contribution is 2.54. The first-order valence-electron chi connectivity index (χ1n) is 18.7. The third-order valence-corrected chi connectivity index (χ3v) is 12.8. The van der Waals surface area contributed by atoms with Crippen LogP contribution in [0.25, 0.3) is 0 Å². The summed E-state index contributed by atoms with van der Waals surface area (Å²) in [5.41, 5.74) is -0.820. The molecule has 2 N–H and O–H groups in total. The molecule has 8 heteroatoms. The Kier molecular flexibility index (Phi) is 12.4. The van der Waals surface area contributed by atoms with Gasteiger partial charge in [0.15, 0.2) is 0 Å². The number of ketones is 3. The molecule has 2 heterocycles. The van der Waals surface area contributed by atoms with Crippen LogP contribution in [0.2, 0.25) is 0 Å². The normalized spacial score (nSPS) is 42.1. The standard InChI is InChI=1S/C41H62O8/c1-24(2)30-22-33(42)27(5)12-10-11-25(3)20-34(43)32-21-28(6)29-15-17-40(8,48-9)37-16-18-39(7,49-37)36(45)14-13-26(4)19-31(29)41(32,38(46)47)23-35(30)44/h15,17,19,24-25,27,30-32,36-37,45H,10-14,16,18,20-23H2,1-9H3,(H,46,47)/b17-15+,26-19+/t25-,27+,30-,31-,32+,36+,37-,39+,40-,41-/m0/s1. The summed E-state index contributed by atoms with van der Waals surface area (Å²) in [6.07, 6.45) is 9.50. The SMILES string of the molecule is CO[C@@]1(C)/C=C/C2=C(C)C[C@@H]3C(=O)C[C@@H](C)CCC[C@@H](C)C(=O)C[C@@H](C(C)C)C(=O)C[C@]3(C(=O)O)[C@H]2/C=C(\C)CC[C@@H](O)[C@@]2(C)CC[C@@H]1O2. The predicted molar refractivity (Wildman–Crippen MR) is 190 cm³/mol. The Hall–Kier alpha value is -2.42. The first kappa shape index (κ1) is 39.4. The first-order valence-corrected chi connectivity index (χ1v) is 18.7. The van der Waals surface area contributed by atoms with Gasteiger partial charge in [-0.2, -0.15) is 0 Å². The maximum Gasteiger partial charge on any atom is 0.311 e. The molecule has 274 valence electrons. The number of ether oxygens (including phenoxy) is 2. The lowest BCUT2D eigenvalue weighted by Gasteiger charge is -2.47. The van der Waals surface area contributed by atoms with Crippen LogP contribution in [0.3, 0.4) is 0 Å². The van der Waals surface area contributed by atoms with Crippen molar-refractivity contribution in [1.29, 1.82) is 0 Å². The number of rotatable bonds is 3. The van der Waals surface area contributed by atoms with Crippen LogP contribution in [0.1, 0.15) is 126 Å². The zero-order valence-electron chi connectivity index (χ0n) is 31.5. The van der Waals surface area contributed by atoms with Crippen molar-refractivity contribution in [3.63, 3.8) is 0 Å². The van der Waals surface area contributed by atoms with Crippen molar-refractivity contribution in [3.8, 4) is 0 Å². The first-order chi connectivity index (χ1) is 22.9. The Morgan fingerprint density at radius 1 is 0.980 bits per heavy atom. The van der Waals surface area contributed by atoms with Crippen molar-refractivity contribution in [3.05, 3.63) is 34.9 Å². The average molecular weight is 683 g/mol. The van der Waals surface area contributed by atoms with E-state index in [1.54, 1.807) is 7.11 Å². The number of Topliss-reactive ketones (excluding diaryl/α,β-unsaturated/α-hetero) is 3. The molecule has 10 atom stereocenters. The average Bonchev–Trinajstić information content (AvgIpc) is 3.45. The van der Waals surface area contributed by atoms with Gasteiger partial charge in [0.25, 0.3) is 0 Å². The molecule has 2 aliphatic heterocycles. The summed E-state index contributed by atoms with van der Waals surface area (Å²) in [5, 5.41) is 22.8. The molecule has 0 radical (unpaired) electrons. The molecule has 4 aliphatic rings.